The van der Waals surface area contributed by atoms with E-state index >= 15 is 0 Å². The Hall–Kier alpha value is -2.90. The van der Waals surface area contributed by atoms with E-state index in [1.807, 2.05) is 26.0 Å². The molecule has 2 saturated heterocycles. The lowest BCUT2D eigenvalue weighted by molar-refractivity contribution is -0.153. The molecule has 0 bridgehead atoms. The predicted octanol–water partition coefficient (Wildman–Crippen LogP) is 3.08. The minimum atomic E-state index is -1.48. The standard InChI is InChI=1S/C24H33N3O5/c1-14(2)15-9-7-8-10-16(15)25-20(29)18-19(28)24(6)13-27(22(31)32-23(3,4)5)12-11-17(24)26-21(18)30/h7-10,14,17-18H,11-13H2,1-6H3,(H,25,29)(H,26,30)/t17-,18?,24-/m0/s1. The number of ketones is 1. The van der Waals surface area contributed by atoms with E-state index in [1.165, 1.54) is 4.90 Å². The van der Waals surface area contributed by atoms with Gasteiger partial charge in [-0.1, -0.05) is 32.0 Å². The Labute approximate surface area is 189 Å². The van der Waals surface area contributed by atoms with Crippen molar-refractivity contribution in [3.8, 4) is 0 Å². The summed E-state index contributed by atoms with van der Waals surface area (Å²) in [6.45, 7) is 11.5. The maximum Gasteiger partial charge on any atom is 0.410 e. The van der Waals surface area contributed by atoms with Crippen molar-refractivity contribution >= 4 is 29.4 Å². The van der Waals surface area contributed by atoms with Gasteiger partial charge in [-0.15, -0.1) is 0 Å². The van der Waals surface area contributed by atoms with Gasteiger partial charge < -0.3 is 20.3 Å². The second-order valence-electron chi connectivity index (χ2n) is 10.2. The monoisotopic (exact) mass is 443 g/mol. The number of amides is 3. The van der Waals surface area contributed by atoms with Gasteiger partial charge in [-0.3, -0.25) is 14.4 Å². The number of ether oxygens (including phenoxy) is 1. The molecular formula is C24H33N3O5. The zero-order valence-corrected chi connectivity index (χ0v) is 19.7. The first-order valence-corrected chi connectivity index (χ1v) is 11.1. The fraction of sp³-hybridized carbons (Fsp3) is 0.583. The highest BCUT2D eigenvalue weighted by molar-refractivity contribution is 6.24. The van der Waals surface area contributed by atoms with Crippen molar-refractivity contribution in [3.63, 3.8) is 0 Å². The molecule has 3 amide bonds. The molecule has 1 aromatic carbocycles. The quantitative estimate of drug-likeness (QED) is 0.699. The van der Waals surface area contributed by atoms with Crippen LogP contribution in [-0.4, -0.2) is 53.3 Å². The van der Waals surface area contributed by atoms with Crippen LogP contribution in [0.3, 0.4) is 0 Å². The molecule has 0 aromatic heterocycles. The van der Waals surface area contributed by atoms with Crippen LogP contribution < -0.4 is 10.6 Å². The van der Waals surface area contributed by atoms with E-state index in [1.54, 1.807) is 39.8 Å². The van der Waals surface area contributed by atoms with Gasteiger partial charge in [0.25, 0.3) is 0 Å². The van der Waals surface area contributed by atoms with E-state index in [4.69, 9.17) is 4.74 Å². The average Bonchev–Trinajstić information content (AvgIpc) is 2.67. The maximum atomic E-state index is 13.5. The van der Waals surface area contributed by atoms with Crippen LogP contribution in [0.15, 0.2) is 24.3 Å². The Balaban J connectivity index is 1.81. The van der Waals surface area contributed by atoms with Gasteiger partial charge in [0.15, 0.2) is 11.7 Å². The lowest BCUT2D eigenvalue weighted by Crippen LogP contribution is -2.69. The van der Waals surface area contributed by atoms with Crippen LogP contribution in [0, 0.1) is 11.3 Å². The van der Waals surface area contributed by atoms with Gasteiger partial charge in [0.1, 0.15) is 5.60 Å². The lowest BCUT2D eigenvalue weighted by atomic mass is 9.67. The topological polar surface area (TPSA) is 105 Å². The van der Waals surface area contributed by atoms with Crippen LogP contribution >= 0.6 is 0 Å². The van der Waals surface area contributed by atoms with Crippen LogP contribution in [0.1, 0.15) is 59.4 Å². The minimum absolute atomic E-state index is 0.0814. The second kappa shape index (κ2) is 8.56. The summed E-state index contributed by atoms with van der Waals surface area (Å²) in [7, 11) is 0. The summed E-state index contributed by atoms with van der Waals surface area (Å²) < 4.78 is 5.46. The zero-order chi connectivity index (χ0) is 23.8. The summed E-state index contributed by atoms with van der Waals surface area (Å²) in [6, 6.07) is 6.89. The van der Waals surface area contributed by atoms with Crippen LogP contribution in [-0.2, 0) is 19.1 Å². The van der Waals surface area contributed by atoms with Crippen molar-refractivity contribution in [2.45, 2.75) is 65.5 Å². The molecule has 2 N–H and O–H groups in total. The molecule has 1 unspecified atom stereocenters. The third-order valence-corrected chi connectivity index (χ3v) is 6.13. The van der Waals surface area contributed by atoms with Gasteiger partial charge in [-0.2, -0.15) is 0 Å². The Morgan fingerprint density at radius 1 is 1.22 bits per heavy atom. The first-order chi connectivity index (χ1) is 14.8. The van der Waals surface area contributed by atoms with Gasteiger partial charge in [0, 0.05) is 24.8 Å². The van der Waals surface area contributed by atoms with Crippen molar-refractivity contribution in [1.82, 2.24) is 10.2 Å². The fourth-order valence-corrected chi connectivity index (χ4v) is 4.41. The Morgan fingerprint density at radius 2 is 1.88 bits per heavy atom. The largest absolute Gasteiger partial charge is 0.444 e. The summed E-state index contributed by atoms with van der Waals surface area (Å²) >= 11 is 0. The number of nitrogens with zero attached hydrogens (tertiary/aromatic N) is 1. The van der Waals surface area contributed by atoms with Gasteiger partial charge >= 0.3 is 6.09 Å². The van der Waals surface area contributed by atoms with Crippen molar-refractivity contribution < 1.29 is 23.9 Å². The van der Waals surface area contributed by atoms with Crippen LogP contribution in [0.5, 0.6) is 0 Å². The molecule has 8 heteroatoms. The molecule has 0 saturated carbocycles. The number of Topliss-reactive ketones (excluding diaryl/α,β-unsaturated/α-hetero) is 1. The van der Waals surface area contributed by atoms with Gasteiger partial charge in [0.05, 0.1) is 5.41 Å². The predicted molar refractivity (Wildman–Crippen MR) is 120 cm³/mol. The number of piperidine rings is 2. The number of hydrogen-bond acceptors (Lipinski definition) is 5. The normalized spacial score (nSPS) is 25.8. The number of likely N-dealkylation sites (tertiary alicyclic amines) is 1. The molecule has 2 aliphatic heterocycles. The highest BCUT2D eigenvalue weighted by Gasteiger charge is 2.56. The average molecular weight is 444 g/mol. The van der Waals surface area contributed by atoms with Crippen molar-refractivity contribution in [3.05, 3.63) is 29.8 Å². The molecule has 0 spiro atoms. The molecule has 2 aliphatic rings. The Bertz CT molecular complexity index is 936. The molecule has 174 valence electrons. The van der Waals surface area contributed by atoms with Gasteiger partial charge in [-0.05, 0) is 51.7 Å². The van der Waals surface area contributed by atoms with Gasteiger partial charge in [0.2, 0.25) is 11.8 Å². The summed E-state index contributed by atoms with van der Waals surface area (Å²) in [5.74, 6) is -3.04. The number of para-hydroxylation sites is 1. The van der Waals surface area contributed by atoms with Crippen molar-refractivity contribution in [1.29, 1.82) is 0 Å². The van der Waals surface area contributed by atoms with Crippen LogP contribution in [0.4, 0.5) is 10.5 Å². The zero-order valence-electron chi connectivity index (χ0n) is 19.7. The summed E-state index contributed by atoms with van der Waals surface area (Å²) in [5, 5.41) is 5.63. The third-order valence-electron chi connectivity index (χ3n) is 6.13. The molecule has 0 radical (unpaired) electrons. The van der Waals surface area contributed by atoms with Crippen molar-refractivity contribution in [2.75, 3.05) is 18.4 Å². The molecule has 3 atom stereocenters. The van der Waals surface area contributed by atoms with E-state index in [9.17, 15) is 19.2 Å². The van der Waals surface area contributed by atoms with Gasteiger partial charge in [-0.25, -0.2) is 4.79 Å². The summed E-state index contributed by atoms with van der Waals surface area (Å²) in [6.07, 6.45) is -0.0914. The number of nitrogens with one attached hydrogen (secondary N) is 2. The first-order valence-electron chi connectivity index (χ1n) is 11.1. The smallest absolute Gasteiger partial charge is 0.410 e. The number of carbonyl (C=O) groups is 4. The molecule has 1 aromatic rings. The molecule has 2 fully saturated rings. The first kappa shape index (κ1) is 23.8. The van der Waals surface area contributed by atoms with E-state index in [-0.39, 0.29) is 12.5 Å². The Morgan fingerprint density at radius 3 is 2.50 bits per heavy atom. The van der Waals surface area contributed by atoms with E-state index < -0.39 is 46.7 Å². The molecule has 3 rings (SSSR count). The SMILES string of the molecule is CC(C)c1ccccc1NC(=O)C1C(=O)N[C@H]2CCN(C(=O)OC(C)(C)C)C[C@]2(C)C1=O. The molecule has 32 heavy (non-hydrogen) atoms. The number of anilines is 1. The molecular weight excluding hydrogens is 410 g/mol. The molecule has 8 nitrogen and oxygen atoms in total. The summed E-state index contributed by atoms with van der Waals surface area (Å²) in [5.41, 5.74) is -0.240. The maximum absolute atomic E-state index is 13.5. The number of benzene rings is 1. The summed E-state index contributed by atoms with van der Waals surface area (Å²) in [4.78, 5) is 53.4. The lowest BCUT2D eigenvalue weighted by Gasteiger charge is -2.49. The number of rotatable bonds is 3. The third kappa shape index (κ3) is 4.64. The van der Waals surface area contributed by atoms with E-state index in [0.29, 0.717) is 18.7 Å². The number of carbonyl (C=O) groups excluding carboxylic acids is 4. The van der Waals surface area contributed by atoms with E-state index in [2.05, 4.69) is 10.6 Å². The molecule has 0 aliphatic carbocycles. The molecule has 2 heterocycles. The minimum Gasteiger partial charge on any atom is -0.444 e. The highest BCUT2D eigenvalue weighted by atomic mass is 16.6. The second-order valence-corrected chi connectivity index (χ2v) is 10.2. The number of hydrogen-bond donors (Lipinski definition) is 2. The highest BCUT2D eigenvalue weighted by Crippen LogP contribution is 2.38. The van der Waals surface area contributed by atoms with Crippen molar-refractivity contribution in [2.24, 2.45) is 11.3 Å². The van der Waals surface area contributed by atoms with Crippen LogP contribution in [0.2, 0.25) is 0 Å². The fourth-order valence-electron chi connectivity index (χ4n) is 4.41. The van der Waals surface area contributed by atoms with E-state index in [0.717, 1.165) is 5.56 Å². The Kier molecular flexibility index (Phi) is 6.36. The van der Waals surface area contributed by atoms with Crippen LogP contribution in [0.25, 0.3) is 0 Å². The number of fused-ring (bicyclic) bond motifs is 1.